The maximum Gasteiger partial charge on any atom is 0.340 e. The van der Waals surface area contributed by atoms with Gasteiger partial charge < -0.3 is 14.2 Å². The van der Waals surface area contributed by atoms with Crippen molar-refractivity contribution in [1.82, 2.24) is 0 Å². The van der Waals surface area contributed by atoms with Crippen LogP contribution in [0.15, 0.2) is 58.8 Å². The molecule has 0 aliphatic carbocycles. The van der Waals surface area contributed by atoms with Gasteiger partial charge in [0.25, 0.3) is 0 Å². The lowest BCUT2D eigenvalue weighted by atomic mass is 10.2. The molecule has 0 saturated carbocycles. The first-order valence-corrected chi connectivity index (χ1v) is 11.2. The lowest BCUT2D eigenvalue weighted by Gasteiger charge is -2.12. The van der Waals surface area contributed by atoms with Crippen LogP contribution in [0.2, 0.25) is 0 Å². The molecule has 2 aromatic carbocycles. The molecule has 0 aromatic heterocycles. The number of azo groups is 1. The van der Waals surface area contributed by atoms with Gasteiger partial charge in [0.1, 0.15) is 11.5 Å². The minimum Gasteiger partial charge on any atom is -0.494 e. The first kappa shape index (κ1) is 24.5. The van der Waals surface area contributed by atoms with Crippen molar-refractivity contribution in [3.63, 3.8) is 0 Å². The zero-order chi connectivity index (χ0) is 22.3. The van der Waals surface area contributed by atoms with Gasteiger partial charge in [0.05, 0.1) is 18.0 Å². The maximum atomic E-state index is 12.0. The van der Waals surface area contributed by atoms with E-state index in [-0.39, 0.29) is 0 Å². The summed E-state index contributed by atoms with van der Waals surface area (Å²) in [6.07, 6.45) is 6.10. The minimum absolute atomic E-state index is 0.404. The van der Waals surface area contributed by atoms with Gasteiger partial charge in [0, 0.05) is 6.61 Å². The van der Waals surface area contributed by atoms with Crippen LogP contribution in [0.5, 0.6) is 11.5 Å². The van der Waals surface area contributed by atoms with Crippen LogP contribution in [0.1, 0.15) is 59.3 Å². The van der Waals surface area contributed by atoms with Crippen LogP contribution in [0.25, 0.3) is 0 Å². The summed E-state index contributed by atoms with van der Waals surface area (Å²) in [5.41, 5.74) is 1.41. The van der Waals surface area contributed by atoms with Crippen molar-refractivity contribution in [2.75, 3.05) is 13.2 Å². The van der Waals surface area contributed by atoms with Crippen LogP contribution >= 0.6 is 0 Å². The van der Waals surface area contributed by atoms with Crippen LogP contribution < -0.4 is 9.47 Å². The Morgan fingerprint density at radius 1 is 0.774 bits per heavy atom. The lowest BCUT2D eigenvalue weighted by molar-refractivity contribution is -0.146. The second-order valence-electron chi connectivity index (χ2n) is 7.38. The number of rotatable bonds is 14. The number of benzene rings is 2. The van der Waals surface area contributed by atoms with Crippen LogP contribution in [0.3, 0.4) is 0 Å². The summed E-state index contributed by atoms with van der Waals surface area (Å²) in [6.45, 7) is 7.26. The van der Waals surface area contributed by atoms with E-state index in [9.17, 15) is 4.79 Å². The predicted molar refractivity (Wildman–Crippen MR) is 123 cm³/mol. The molecule has 31 heavy (non-hydrogen) atoms. The zero-order valence-electron chi connectivity index (χ0n) is 18.9. The summed E-state index contributed by atoms with van der Waals surface area (Å²) in [5, 5.41) is 8.47. The average molecular weight is 427 g/mol. The Morgan fingerprint density at radius 2 is 1.35 bits per heavy atom. The van der Waals surface area contributed by atoms with Crippen molar-refractivity contribution in [3.8, 4) is 11.5 Å². The fourth-order valence-electron chi connectivity index (χ4n) is 2.70. The molecule has 168 valence electrons. The Kier molecular flexibility index (Phi) is 11.3. The highest BCUT2D eigenvalue weighted by atomic mass is 16.6. The predicted octanol–water partition coefficient (Wildman–Crippen LogP) is 7.17. The Labute approximate surface area is 185 Å². The van der Waals surface area contributed by atoms with E-state index in [4.69, 9.17) is 14.2 Å². The van der Waals surface area contributed by atoms with E-state index in [0.717, 1.165) is 37.3 Å². The number of esters is 1. The Hall–Kier alpha value is -2.73. The van der Waals surface area contributed by atoms with E-state index < -0.39 is 12.1 Å². The quantitative estimate of drug-likeness (QED) is 0.139. The van der Waals surface area contributed by atoms with Crippen molar-refractivity contribution >= 4 is 17.3 Å². The largest absolute Gasteiger partial charge is 0.494 e. The highest BCUT2D eigenvalue weighted by Gasteiger charge is 2.15. The molecule has 2 rings (SSSR count). The molecule has 6 nitrogen and oxygen atoms in total. The summed E-state index contributed by atoms with van der Waals surface area (Å²) < 4.78 is 16.5. The lowest BCUT2D eigenvalue weighted by Crippen LogP contribution is -2.26. The standard InChI is InChI=1S/C25H34N2O4/c1-4-6-8-9-19-30-23-14-10-21(11-15-23)26-27-22-12-16-24(17-13-22)31-25(28)20(3)29-18-7-5-2/h10-17,20H,4-9,18-19H2,1-3H3/b27-26+. The van der Waals surface area contributed by atoms with Gasteiger partial charge in [-0.15, -0.1) is 0 Å². The summed E-state index contributed by atoms with van der Waals surface area (Å²) in [4.78, 5) is 12.0. The molecule has 0 radical (unpaired) electrons. The van der Waals surface area contributed by atoms with Crippen LogP contribution in [-0.4, -0.2) is 25.3 Å². The van der Waals surface area contributed by atoms with Gasteiger partial charge in [-0.3, -0.25) is 0 Å². The third-order valence-corrected chi connectivity index (χ3v) is 4.64. The van der Waals surface area contributed by atoms with Gasteiger partial charge in [-0.05, 0) is 68.3 Å². The Morgan fingerprint density at radius 3 is 1.94 bits per heavy atom. The Bertz CT molecular complexity index is 788. The molecule has 0 spiro atoms. The Balaban J connectivity index is 1.79. The third kappa shape index (κ3) is 9.75. The molecule has 0 bridgehead atoms. The first-order valence-electron chi connectivity index (χ1n) is 11.2. The van der Waals surface area contributed by atoms with Gasteiger partial charge in [-0.2, -0.15) is 10.2 Å². The van der Waals surface area contributed by atoms with Crippen molar-refractivity contribution in [3.05, 3.63) is 48.5 Å². The van der Waals surface area contributed by atoms with E-state index >= 15 is 0 Å². The smallest absolute Gasteiger partial charge is 0.340 e. The topological polar surface area (TPSA) is 69.5 Å². The van der Waals surface area contributed by atoms with Crippen LogP contribution in [0, 0.1) is 0 Å². The van der Waals surface area contributed by atoms with E-state index in [1.807, 2.05) is 24.3 Å². The number of nitrogens with zero attached hydrogens (tertiary/aromatic N) is 2. The second kappa shape index (κ2) is 14.3. The third-order valence-electron chi connectivity index (χ3n) is 4.64. The number of unbranched alkanes of at least 4 members (excludes halogenated alkanes) is 4. The van der Waals surface area contributed by atoms with Gasteiger partial charge in [0.15, 0.2) is 6.10 Å². The summed E-state index contributed by atoms with van der Waals surface area (Å²) in [5.74, 6) is 0.892. The second-order valence-corrected chi connectivity index (χ2v) is 7.38. The van der Waals surface area contributed by atoms with Crippen molar-refractivity contribution in [2.45, 2.75) is 65.4 Å². The van der Waals surface area contributed by atoms with Gasteiger partial charge in [-0.1, -0.05) is 39.5 Å². The van der Waals surface area contributed by atoms with Crippen LogP contribution in [-0.2, 0) is 9.53 Å². The number of ether oxygens (including phenoxy) is 3. The fraction of sp³-hybridized carbons (Fsp3) is 0.480. The molecular weight excluding hydrogens is 392 g/mol. The molecule has 0 saturated heterocycles. The van der Waals surface area contributed by atoms with Crippen LogP contribution in [0.4, 0.5) is 11.4 Å². The number of carbonyl (C=O) groups excluding carboxylic acids is 1. The van der Waals surface area contributed by atoms with Crippen molar-refractivity contribution in [1.29, 1.82) is 0 Å². The van der Waals surface area contributed by atoms with Gasteiger partial charge in [-0.25, -0.2) is 4.79 Å². The summed E-state index contributed by atoms with van der Waals surface area (Å²) >= 11 is 0. The monoisotopic (exact) mass is 426 g/mol. The maximum absolute atomic E-state index is 12.0. The normalized spacial score (nSPS) is 12.1. The van der Waals surface area contributed by atoms with E-state index in [1.165, 1.54) is 19.3 Å². The number of hydrogen-bond donors (Lipinski definition) is 0. The minimum atomic E-state index is -0.589. The summed E-state index contributed by atoms with van der Waals surface area (Å²) in [7, 11) is 0. The van der Waals surface area contributed by atoms with E-state index in [1.54, 1.807) is 31.2 Å². The van der Waals surface area contributed by atoms with Gasteiger partial charge >= 0.3 is 5.97 Å². The molecule has 0 fully saturated rings. The fourth-order valence-corrected chi connectivity index (χ4v) is 2.70. The molecule has 1 unspecified atom stereocenters. The average Bonchev–Trinajstić information content (AvgIpc) is 2.79. The van der Waals surface area contributed by atoms with Crippen molar-refractivity contribution in [2.24, 2.45) is 10.2 Å². The zero-order valence-corrected chi connectivity index (χ0v) is 18.9. The highest BCUT2D eigenvalue weighted by Crippen LogP contribution is 2.23. The molecule has 0 aliphatic rings. The van der Waals surface area contributed by atoms with E-state index in [2.05, 4.69) is 24.1 Å². The molecule has 0 N–H and O–H groups in total. The molecular formula is C25H34N2O4. The number of hydrogen-bond acceptors (Lipinski definition) is 6. The first-order chi connectivity index (χ1) is 15.1. The molecule has 0 heterocycles. The molecule has 0 aliphatic heterocycles. The van der Waals surface area contributed by atoms with E-state index in [0.29, 0.717) is 18.0 Å². The van der Waals surface area contributed by atoms with Crippen molar-refractivity contribution < 1.29 is 19.0 Å². The SMILES string of the molecule is CCCCCCOc1ccc(/N=N/c2ccc(OC(=O)C(C)OCCCC)cc2)cc1. The molecule has 0 amide bonds. The highest BCUT2D eigenvalue weighted by molar-refractivity contribution is 5.76. The summed E-state index contributed by atoms with van der Waals surface area (Å²) in [6, 6.07) is 14.5. The molecule has 2 aromatic rings. The number of carbonyl (C=O) groups is 1. The molecule has 1 atom stereocenters. The molecule has 6 heteroatoms. The van der Waals surface area contributed by atoms with Gasteiger partial charge in [0.2, 0.25) is 0 Å².